The molecule has 98 valence electrons. The first kappa shape index (κ1) is 13.2. The van der Waals surface area contributed by atoms with Crippen LogP contribution in [0.5, 0.6) is 0 Å². The number of hydrogen-bond donors (Lipinski definition) is 1. The molecule has 0 amide bonds. The first-order valence-electron chi connectivity index (χ1n) is 5.71. The van der Waals surface area contributed by atoms with Crippen molar-refractivity contribution in [1.82, 2.24) is 14.9 Å². The van der Waals surface area contributed by atoms with Gasteiger partial charge in [0.15, 0.2) is 11.5 Å². The van der Waals surface area contributed by atoms with Crippen LogP contribution in [-0.2, 0) is 4.74 Å². The van der Waals surface area contributed by atoms with Gasteiger partial charge >= 0.3 is 5.97 Å². The summed E-state index contributed by atoms with van der Waals surface area (Å²) in [5.74, 6) is -0.790. The molecule has 0 radical (unpaired) electrons. The van der Waals surface area contributed by atoms with E-state index in [-0.39, 0.29) is 16.8 Å². The Hall–Kier alpha value is -1.24. The molecule has 0 bridgehead atoms. The molecule has 2 heterocycles. The number of aromatic nitrogens is 2. The number of hydrogen-bond acceptors (Lipinski definition) is 5. The average Bonchev–Trinajstić information content (AvgIpc) is 2.39. The van der Waals surface area contributed by atoms with E-state index in [1.807, 2.05) is 0 Å². The SMILES string of the molecule is CCN1CCOC(c2ncc(Cl)c(C(=O)O)n2)C1. The van der Waals surface area contributed by atoms with Crippen LogP contribution in [0, 0.1) is 0 Å². The predicted molar refractivity (Wildman–Crippen MR) is 64.8 cm³/mol. The lowest BCUT2D eigenvalue weighted by Gasteiger charge is -2.31. The number of likely N-dealkylation sites (N-methyl/N-ethyl adjacent to an activating group) is 1. The zero-order valence-corrected chi connectivity index (χ0v) is 10.7. The third-order valence-electron chi connectivity index (χ3n) is 2.85. The zero-order chi connectivity index (χ0) is 13.1. The van der Waals surface area contributed by atoms with E-state index < -0.39 is 5.97 Å². The van der Waals surface area contributed by atoms with Gasteiger partial charge in [0, 0.05) is 13.1 Å². The summed E-state index contributed by atoms with van der Waals surface area (Å²) >= 11 is 5.73. The van der Waals surface area contributed by atoms with Crippen molar-refractivity contribution in [1.29, 1.82) is 0 Å². The monoisotopic (exact) mass is 271 g/mol. The molecule has 0 aliphatic carbocycles. The molecule has 7 heteroatoms. The molecule has 1 fully saturated rings. The maximum atomic E-state index is 11.0. The van der Waals surface area contributed by atoms with Gasteiger partial charge in [-0.3, -0.25) is 4.90 Å². The van der Waals surface area contributed by atoms with E-state index in [0.29, 0.717) is 19.0 Å². The van der Waals surface area contributed by atoms with E-state index in [0.717, 1.165) is 13.1 Å². The molecular formula is C11H14ClN3O3. The minimum absolute atomic E-state index is 0.0365. The van der Waals surface area contributed by atoms with Crippen molar-refractivity contribution in [2.45, 2.75) is 13.0 Å². The Bertz CT molecular complexity index is 455. The Kier molecular flexibility index (Phi) is 4.11. The summed E-state index contributed by atoms with van der Waals surface area (Å²) < 4.78 is 5.57. The number of aromatic carboxylic acids is 1. The van der Waals surface area contributed by atoms with Crippen LogP contribution in [0.25, 0.3) is 0 Å². The number of nitrogens with zero attached hydrogens (tertiary/aromatic N) is 3. The summed E-state index contributed by atoms with van der Waals surface area (Å²) in [6.07, 6.45) is 1.01. The fourth-order valence-corrected chi connectivity index (χ4v) is 2.00. The Morgan fingerprint density at radius 3 is 3.17 bits per heavy atom. The van der Waals surface area contributed by atoms with Gasteiger partial charge in [0.05, 0.1) is 17.8 Å². The zero-order valence-electron chi connectivity index (χ0n) is 9.97. The van der Waals surface area contributed by atoms with E-state index in [1.54, 1.807) is 0 Å². The molecular weight excluding hydrogens is 258 g/mol. The normalized spacial score (nSPS) is 20.9. The molecule has 2 rings (SSSR count). The fourth-order valence-electron chi connectivity index (χ4n) is 1.83. The lowest BCUT2D eigenvalue weighted by Crippen LogP contribution is -2.38. The van der Waals surface area contributed by atoms with Crippen LogP contribution in [0.15, 0.2) is 6.20 Å². The van der Waals surface area contributed by atoms with Crippen LogP contribution in [0.4, 0.5) is 0 Å². The second kappa shape index (κ2) is 5.60. The van der Waals surface area contributed by atoms with Gasteiger partial charge in [0.1, 0.15) is 6.10 Å². The summed E-state index contributed by atoms with van der Waals surface area (Å²) in [5, 5.41) is 9.00. The first-order chi connectivity index (χ1) is 8.61. The highest BCUT2D eigenvalue weighted by molar-refractivity contribution is 6.33. The second-order valence-electron chi connectivity index (χ2n) is 3.98. The molecule has 0 aromatic carbocycles. The van der Waals surface area contributed by atoms with Crippen molar-refractivity contribution < 1.29 is 14.6 Å². The largest absolute Gasteiger partial charge is 0.476 e. The van der Waals surface area contributed by atoms with Gasteiger partial charge < -0.3 is 9.84 Å². The number of ether oxygens (including phenoxy) is 1. The minimum atomic E-state index is -1.16. The van der Waals surface area contributed by atoms with Crippen LogP contribution < -0.4 is 0 Å². The maximum absolute atomic E-state index is 11.0. The van der Waals surface area contributed by atoms with Gasteiger partial charge in [-0.05, 0) is 6.54 Å². The topological polar surface area (TPSA) is 75.5 Å². The third-order valence-corrected chi connectivity index (χ3v) is 3.13. The van der Waals surface area contributed by atoms with E-state index >= 15 is 0 Å². The van der Waals surface area contributed by atoms with Gasteiger partial charge in [0.25, 0.3) is 0 Å². The average molecular weight is 272 g/mol. The number of rotatable bonds is 3. The standard InChI is InChI=1S/C11H14ClN3O3/c1-2-15-3-4-18-8(6-15)10-13-5-7(12)9(14-10)11(16)17/h5,8H,2-4,6H2,1H3,(H,16,17). The van der Waals surface area contributed by atoms with Crippen LogP contribution in [0.3, 0.4) is 0 Å². The van der Waals surface area contributed by atoms with Crippen LogP contribution in [0.2, 0.25) is 5.02 Å². The fraction of sp³-hybridized carbons (Fsp3) is 0.545. The molecule has 0 spiro atoms. The van der Waals surface area contributed by atoms with Crippen LogP contribution in [-0.4, -0.2) is 52.2 Å². The van der Waals surface area contributed by atoms with Crippen molar-refractivity contribution in [3.63, 3.8) is 0 Å². The Labute approximate surface area is 110 Å². The lowest BCUT2D eigenvalue weighted by atomic mass is 10.2. The highest BCUT2D eigenvalue weighted by Gasteiger charge is 2.25. The molecule has 1 atom stereocenters. The smallest absolute Gasteiger partial charge is 0.356 e. The molecule has 1 aromatic rings. The van der Waals surface area contributed by atoms with Gasteiger partial charge in [-0.1, -0.05) is 18.5 Å². The molecule has 1 saturated heterocycles. The number of morpholine rings is 1. The van der Waals surface area contributed by atoms with Crippen molar-refractivity contribution >= 4 is 17.6 Å². The number of carboxylic acids is 1. The van der Waals surface area contributed by atoms with Crippen LogP contribution >= 0.6 is 11.6 Å². The molecule has 0 saturated carbocycles. The van der Waals surface area contributed by atoms with Gasteiger partial charge in [-0.25, -0.2) is 14.8 Å². The highest BCUT2D eigenvalue weighted by Crippen LogP contribution is 2.21. The Balaban J connectivity index is 2.22. The van der Waals surface area contributed by atoms with Gasteiger partial charge in [-0.15, -0.1) is 0 Å². The molecule has 1 N–H and O–H groups in total. The number of carboxylic acid groups (broad SMARTS) is 1. The van der Waals surface area contributed by atoms with Crippen molar-refractivity contribution in [3.8, 4) is 0 Å². The quantitative estimate of drug-likeness (QED) is 0.891. The summed E-state index contributed by atoms with van der Waals surface area (Å²) in [6.45, 7) is 5.10. The predicted octanol–water partition coefficient (Wildman–Crippen LogP) is 1.22. The van der Waals surface area contributed by atoms with Crippen molar-refractivity contribution in [2.24, 2.45) is 0 Å². The molecule has 18 heavy (non-hydrogen) atoms. The maximum Gasteiger partial charge on any atom is 0.356 e. The Morgan fingerprint density at radius 2 is 2.50 bits per heavy atom. The molecule has 6 nitrogen and oxygen atoms in total. The lowest BCUT2D eigenvalue weighted by molar-refractivity contribution is -0.0326. The van der Waals surface area contributed by atoms with E-state index in [2.05, 4.69) is 21.8 Å². The first-order valence-corrected chi connectivity index (χ1v) is 6.09. The number of carbonyl (C=O) groups is 1. The molecule has 1 aliphatic heterocycles. The van der Waals surface area contributed by atoms with Gasteiger partial charge in [0.2, 0.25) is 0 Å². The number of halogens is 1. The van der Waals surface area contributed by atoms with Crippen molar-refractivity contribution in [3.05, 3.63) is 22.7 Å². The summed E-state index contributed by atoms with van der Waals surface area (Å²) in [5.41, 5.74) is -0.182. The third kappa shape index (κ3) is 2.77. The summed E-state index contributed by atoms with van der Waals surface area (Å²) in [4.78, 5) is 21.2. The summed E-state index contributed by atoms with van der Waals surface area (Å²) in [6, 6.07) is 0. The van der Waals surface area contributed by atoms with Gasteiger partial charge in [-0.2, -0.15) is 0 Å². The van der Waals surface area contributed by atoms with Crippen LogP contribution in [0.1, 0.15) is 29.3 Å². The minimum Gasteiger partial charge on any atom is -0.476 e. The summed E-state index contributed by atoms with van der Waals surface area (Å²) in [7, 11) is 0. The molecule has 1 aliphatic rings. The van der Waals surface area contributed by atoms with Crippen molar-refractivity contribution in [2.75, 3.05) is 26.2 Å². The van der Waals surface area contributed by atoms with E-state index in [1.165, 1.54) is 6.20 Å². The molecule has 1 unspecified atom stereocenters. The highest BCUT2D eigenvalue weighted by atomic mass is 35.5. The molecule has 1 aromatic heterocycles. The van der Waals surface area contributed by atoms with E-state index in [4.69, 9.17) is 21.4 Å². The Morgan fingerprint density at radius 1 is 1.72 bits per heavy atom. The van der Waals surface area contributed by atoms with E-state index in [9.17, 15) is 4.79 Å². The second-order valence-corrected chi connectivity index (χ2v) is 4.39.